The Morgan fingerprint density at radius 2 is 2.05 bits per heavy atom. The van der Waals surface area contributed by atoms with Crippen LogP contribution in [0.25, 0.3) is 0 Å². The number of aliphatic carboxylic acids is 1. The minimum atomic E-state index is -0.919. The van der Waals surface area contributed by atoms with Crippen LogP contribution >= 0.6 is 0 Å². The van der Waals surface area contributed by atoms with Crippen molar-refractivity contribution in [3.05, 3.63) is 0 Å². The van der Waals surface area contributed by atoms with E-state index in [9.17, 15) is 9.59 Å². The smallest absolute Gasteiger partial charge is 0.481 e. The lowest BCUT2D eigenvalue weighted by Gasteiger charge is -2.20. The van der Waals surface area contributed by atoms with Crippen molar-refractivity contribution in [3.8, 4) is 0 Å². The van der Waals surface area contributed by atoms with Crippen molar-refractivity contribution in [3.63, 3.8) is 0 Å². The van der Waals surface area contributed by atoms with Gasteiger partial charge in [-0.25, -0.2) is 4.79 Å². The molecule has 22 heavy (non-hydrogen) atoms. The van der Waals surface area contributed by atoms with Gasteiger partial charge in [-0.1, -0.05) is 0 Å². The van der Waals surface area contributed by atoms with Crippen molar-refractivity contribution >= 4 is 12.1 Å². The van der Waals surface area contributed by atoms with Gasteiger partial charge in [0.05, 0.1) is 12.5 Å². The summed E-state index contributed by atoms with van der Waals surface area (Å²) in [5, 5.41) is 11.6. The molecule has 1 aromatic heterocycles. The summed E-state index contributed by atoms with van der Waals surface area (Å²) < 4.78 is 14.9. The number of carboxylic acids is 1. The van der Waals surface area contributed by atoms with Crippen LogP contribution in [0.4, 0.5) is 4.79 Å². The molecule has 0 aliphatic carbocycles. The van der Waals surface area contributed by atoms with E-state index in [1.54, 1.807) is 25.8 Å². The van der Waals surface area contributed by atoms with Gasteiger partial charge in [0.2, 0.25) is 0 Å². The third-order valence-electron chi connectivity index (χ3n) is 2.91. The van der Waals surface area contributed by atoms with E-state index in [0.29, 0.717) is 19.5 Å². The summed E-state index contributed by atoms with van der Waals surface area (Å²) >= 11 is 0. The van der Waals surface area contributed by atoms with E-state index in [1.807, 2.05) is 0 Å². The van der Waals surface area contributed by atoms with E-state index in [4.69, 9.17) is 24.0 Å². The average molecular weight is 319 g/mol. The number of rotatable bonds is 5. The summed E-state index contributed by atoms with van der Waals surface area (Å²) in [4.78, 5) is 28.8. The molecular formula is C12H21N3O7. The molecule has 0 radical (unpaired) electrons. The second-order valence-electron chi connectivity index (χ2n) is 6.06. The van der Waals surface area contributed by atoms with Gasteiger partial charge in [-0.15, -0.1) is 0 Å². The average Bonchev–Trinajstić information content (AvgIpc) is 2.91. The number of carbonyl (C=O) groups is 2. The lowest BCUT2D eigenvalue weighted by molar-refractivity contribution is -0.143. The maximum Gasteiger partial charge on any atom is 0.511 e. The first-order valence-corrected chi connectivity index (χ1v) is 6.98. The molecule has 0 aromatic carbocycles. The van der Waals surface area contributed by atoms with Gasteiger partial charge in [0.25, 0.3) is 6.29 Å². The van der Waals surface area contributed by atoms with Gasteiger partial charge in [0, 0.05) is 18.4 Å². The Morgan fingerprint density at radius 1 is 1.36 bits per heavy atom. The van der Waals surface area contributed by atoms with Crippen molar-refractivity contribution in [2.45, 2.75) is 46.0 Å². The molecule has 0 saturated carbocycles. The normalized spacial score (nSPS) is 20.0. The standard InChI is InChI=1S/C12H21N3O7/c1-8(19-11(18)20-12(2,3)4)21-15-14(22-15)13-6-5-9(7-13)10(16)17/h8-9H,5-7H2,1-4H3,(H,16,17). The van der Waals surface area contributed by atoms with Gasteiger partial charge < -0.3 is 19.4 Å². The minimum absolute atomic E-state index is 0.330. The molecule has 2 atom stereocenters. The number of nitrogens with zero attached hydrogens (tertiary/aromatic N) is 3. The zero-order chi connectivity index (χ0) is 16.5. The highest BCUT2D eigenvalue weighted by molar-refractivity contribution is 5.71. The van der Waals surface area contributed by atoms with Gasteiger partial charge in [0.1, 0.15) is 10.6 Å². The predicted molar refractivity (Wildman–Crippen MR) is 71.7 cm³/mol. The molecule has 1 fully saturated rings. The molecular weight excluding hydrogens is 298 g/mol. The zero-order valence-corrected chi connectivity index (χ0v) is 13.0. The maximum atomic E-state index is 11.5. The van der Waals surface area contributed by atoms with Crippen LogP contribution < -0.4 is 9.85 Å². The quantitative estimate of drug-likeness (QED) is 0.622. The molecule has 1 aromatic rings. The van der Waals surface area contributed by atoms with Gasteiger partial charge in [0.15, 0.2) is 0 Å². The molecule has 1 aliphatic heterocycles. The highest BCUT2D eigenvalue weighted by Gasteiger charge is 2.34. The molecule has 1 N–H and O–H groups in total. The number of ether oxygens (including phenoxy) is 2. The third-order valence-corrected chi connectivity index (χ3v) is 2.91. The Labute approximate surface area is 126 Å². The van der Waals surface area contributed by atoms with E-state index in [0.717, 1.165) is 5.02 Å². The van der Waals surface area contributed by atoms with Crippen LogP contribution in [0.15, 0.2) is 4.63 Å². The Hall–Kier alpha value is -2.26. The van der Waals surface area contributed by atoms with Crippen LogP contribution in [-0.2, 0) is 14.3 Å². The number of carboxylic acid groups (broad SMARTS) is 1. The third kappa shape index (κ3) is 4.37. The fourth-order valence-corrected chi connectivity index (χ4v) is 1.92. The largest absolute Gasteiger partial charge is 0.511 e. The molecule has 0 amide bonds. The van der Waals surface area contributed by atoms with Crippen LogP contribution in [0, 0.1) is 5.92 Å². The number of hydrogen-bond acceptors (Lipinski definition) is 7. The summed E-state index contributed by atoms with van der Waals surface area (Å²) in [6.45, 7) is 7.55. The van der Waals surface area contributed by atoms with Crippen LogP contribution in [0.3, 0.4) is 0 Å². The monoisotopic (exact) mass is 319 g/mol. The maximum absolute atomic E-state index is 11.5. The van der Waals surface area contributed by atoms with Gasteiger partial charge in [-0.05, 0) is 27.2 Å². The van der Waals surface area contributed by atoms with Crippen molar-refractivity contribution in [1.29, 1.82) is 0 Å². The van der Waals surface area contributed by atoms with Crippen molar-refractivity contribution in [2.24, 2.45) is 5.92 Å². The van der Waals surface area contributed by atoms with Crippen molar-refractivity contribution < 1.29 is 33.6 Å². The Bertz CT molecular complexity index is 524. The van der Waals surface area contributed by atoms with Crippen molar-refractivity contribution in [1.82, 2.24) is 9.98 Å². The molecule has 10 nitrogen and oxygen atoms in total. The summed E-state index contributed by atoms with van der Waals surface area (Å²) in [6.07, 6.45) is -1.23. The Balaban J connectivity index is 1.75. The first kappa shape index (κ1) is 16.1. The fourth-order valence-electron chi connectivity index (χ4n) is 1.92. The van der Waals surface area contributed by atoms with Crippen LogP contribution in [0.1, 0.15) is 34.1 Å². The molecule has 2 heterocycles. The minimum Gasteiger partial charge on any atom is -0.481 e. The summed E-state index contributed by atoms with van der Waals surface area (Å²) in [5.41, 5.74) is -0.652. The molecule has 2 rings (SSSR count). The topological polar surface area (TPSA) is 108 Å². The summed E-state index contributed by atoms with van der Waals surface area (Å²) in [6, 6.07) is 0. The highest BCUT2D eigenvalue weighted by atomic mass is 17.0. The molecule has 0 bridgehead atoms. The SMILES string of the molecule is CC(OC(=O)OC(C)(C)C)On1on1N1CCC(C(=O)O)C1. The highest BCUT2D eigenvalue weighted by Crippen LogP contribution is 2.17. The zero-order valence-electron chi connectivity index (χ0n) is 13.0. The van der Waals surface area contributed by atoms with Crippen LogP contribution in [0.2, 0.25) is 0 Å². The second-order valence-corrected chi connectivity index (χ2v) is 6.06. The van der Waals surface area contributed by atoms with Crippen LogP contribution in [0.5, 0.6) is 0 Å². The molecule has 0 spiro atoms. The fraction of sp³-hybridized carbons (Fsp3) is 0.833. The van der Waals surface area contributed by atoms with Gasteiger partial charge in [-0.2, -0.15) is 4.63 Å². The Morgan fingerprint density at radius 3 is 2.59 bits per heavy atom. The van der Waals surface area contributed by atoms with Gasteiger partial charge >= 0.3 is 12.1 Å². The van der Waals surface area contributed by atoms with Crippen molar-refractivity contribution in [2.75, 3.05) is 18.1 Å². The number of aromatic nitrogens is 2. The molecule has 1 aliphatic rings. The molecule has 2 unspecified atom stereocenters. The van der Waals surface area contributed by atoms with E-state index in [2.05, 4.69) is 0 Å². The first-order chi connectivity index (χ1) is 10.2. The van der Waals surface area contributed by atoms with Crippen LogP contribution in [-0.4, -0.2) is 52.2 Å². The summed E-state index contributed by atoms with van der Waals surface area (Å²) in [7, 11) is 0. The van der Waals surface area contributed by atoms with Gasteiger partial charge in [-0.3, -0.25) is 9.80 Å². The van der Waals surface area contributed by atoms with E-state index < -0.39 is 29.9 Å². The molecule has 1 saturated heterocycles. The second kappa shape index (κ2) is 5.85. The van der Waals surface area contributed by atoms with E-state index in [-0.39, 0.29) is 0 Å². The predicted octanol–water partition coefficient (Wildman–Crippen LogP) is 0.651. The summed E-state index contributed by atoms with van der Waals surface area (Å²) in [5.74, 6) is -1.26. The Kier molecular flexibility index (Phi) is 4.29. The lowest BCUT2D eigenvalue weighted by atomic mass is 10.1. The molecule has 10 heteroatoms. The lowest BCUT2D eigenvalue weighted by Crippen LogP contribution is -2.34. The number of hydrogen-bond donors (Lipinski definition) is 1. The molecule has 126 valence electrons. The first-order valence-electron chi connectivity index (χ1n) is 6.98. The number of carbonyl (C=O) groups excluding carboxylic acids is 1. The van der Waals surface area contributed by atoms with E-state index in [1.165, 1.54) is 11.9 Å². The van der Waals surface area contributed by atoms with E-state index >= 15 is 0 Å².